The number of hydrogen-bond acceptors (Lipinski definition) is 7. The fourth-order valence-corrected chi connectivity index (χ4v) is 4.24. The van der Waals surface area contributed by atoms with Gasteiger partial charge in [0.15, 0.2) is 0 Å². The van der Waals surface area contributed by atoms with Gasteiger partial charge in [-0.15, -0.1) is 0 Å². The number of likely N-dealkylation sites (tertiary alicyclic amines) is 1. The molecule has 1 N–H and O–H groups in total. The lowest BCUT2D eigenvalue weighted by Crippen LogP contribution is -2.42. The van der Waals surface area contributed by atoms with Crippen LogP contribution < -0.4 is 5.32 Å². The summed E-state index contributed by atoms with van der Waals surface area (Å²) in [6.45, 7) is 3.56. The number of esters is 1. The van der Waals surface area contributed by atoms with Crippen LogP contribution in [0.3, 0.4) is 0 Å². The fraction of sp³-hybridized carbons (Fsp3) is 0.478. The maximum Gasteiger partial charge on any atom is 0.410 e. The highest BCUT2D eigenvalue weighted by Crippen LogP contribution is 2.51. The number of nitrogens with one attached hydrogen (secondary N) is 1. The van der Waals surface area contributed by atoms with Crippen molar-refractivity contribution in [2.24, 2.45) is 0 Å². The number of halogens is 1. The summed E-state index contributed by atoms with van der Waals surface area (Å²) >= 11 is 6.40. The molecule has 0 radical (unpaired) electrons. The Kier molecular flexibility index (Phi) is 6.79. The van der Waals surface area contributed by atoms with Crippen molar-refractivity contribution < 1.29 is 19.1 Å². The predicted molar refractivity (Wildman–Crippen MR) is 119 cm³/mol. The van der Waals surface area contributed by atoms with Crippen molar-refractivity contribution >= 4 is 29.6 Å². The van der Waals surface area contributed by atoms with Crippen molar-refractivity contribution in [2.75, 3.05) is 25.0 Å². The first kappa shape index (κ1) is 22.3. The van der Waals surface area contributed by atoms with Gasteiger partial charge in [0, 0.05) is 30.9 Å². The lowest BCUT2D eigenvalue weighted by molar-refractivity contribution is -0.146. The molecule has 1 aromatic carbocycles. The average Bonchev–Trinajstić information content (AvgIpc) is 3.61. The zero-order valence-corrected chi connectivity index (χ0v) is 18.8. The second-order valence-electron chi connectivity index (χ2n) is 8.15. The van der Waals surface area contributed by atoms with Crippen molar-refractivity contribution in [2.45, 2.75) is 50.7 Å². The summed E-state index contributed by atoms with van der Waals surface area (Å²) in [6.07, 6.45) is 4.20. The van der Waals surface area contributed by atoms with Gasteiger partial charge >= 0.3 is 12.1 Å². The number of rotatable bonds is 7. The van der Waals surface area contributed by atoms with Gasteiger partial charge in [0.25, 0.3) is 0 Å². The first-order valence-corrected chi connectivity index (χ1v) is 11.3. The highest BCUT2D eigenvalue weighted by Gasteiger charge is 2.54. The van der Waals surface area contributed by atoms with Crippen LogP contribution in [0.25, 0.3) is 0 Å². The molecule has 8 nitrogen and oxygen atoms in total. The third kappa shape index (κ3) is 4.96. The monoisotopic (exact) mass is 458 g/mol. The molecule has 0 spiro atoms. The normalized spacial score (nSPS) is 17.5. The smallest absolute Gasteiger partial charge is 0.410 e. The van der Waals surface area contributed by atoms with Gasteiger partial charge in [-0.2, -0.15) is 0 Å². The quantitative estimate of drug-likeness (QED) is 0.496. The number of benzene rings is 1. The van der Waals surface area contributed by atoms with Gasteiger partial charge < -0.3 is 19.7 Å². The molecule has 9 heteroatoms. The lowest BCUT2D eigenvalue weighted by atomic mass is 9.99. The number of piperidine rings is 1. The van der Waals surface area contributed by atoms with Gasteiger partial charge in [-0.1, -0.05) is 41.9 Å². The average molecular weight is 459 g/mol. The second-order valence-corrected chi connectivity index (χ2v) is 8.50. The Morgan fingerprint density at radius 1 is 1.19 bits per heavy atom. The molecule has 4 rings (SSSR count). The Hall–Kier alpha value is -2.87. The first-order chi connectivity index (χ1) is 15.5. The molecule has 2 aromatic rings. The maximum absolute atomic E-state index is 12.3. The summed E-state index contributed by atoms with van der Waals surface area (Å²) in [5, 5.41) is 3.56. The molecule has 1 aliphatic carbocycles. The second kappa shape index (κ2) is 9.73. The number of aromatic nitrogens is 2. The van der Waals surface area contributed by atoms with Gasteiger partial charge in [-0.05, 0) is 38.2 Å². The van der Waals surface area contributed by atoms with Gasteiger partial charge in [-0.3, -0.25) is 4.79 Å². The molecule has 1 aliphatic heterocycles. The van der Waals surface area contributed by atoms with Crippen molar-refractivity contribution in [3.8, 4) is 0 Å². The molecule has 2 fully saturated rings. The Morgan fingerprint density at radius 2 is 1.91 bits per heavy atom. The number of carbonyl (C=O) groups is 2. The molecule has 0 atom stereocenters. The molecule has 170 valence electrons. The first-order valence-electron chi connectivity index (χ1n) is 10.9. The minimum Gasteiger partial charge on any atom is -0.465 e. The summed E-state index contributed by atoms with van der Waals surface area (Å²) in [7, 11) is 0. The third-order valence-electron chi connectivity index (χ3n) is 5.97. The van der Waals surface area contributed by atoms with Gasteiger partial charge in [0.2, 0.25) is 5.95 Å². The molecule has 2 aliphatic rings. The Labute approximate surface area is 192 Å². The van der Waals surface area contributed by atoms with E-state index in [9.17, 15) is 9.59 Å². The molecular weight excluding hydrogens is 432 g/mol. The van der Waals surface area contributed by atoms with E-state index in [2.05, 4.69) is 15.3 Å². The Morgan fingerprint density at radius 3 is 2.53 bits per heavy atom. The van der Waals surface area contributed by atoms with Crippen LogP contribution in [0.2, 0.25) is 5.15 Å². The molecule has 1 saturated heterocycles. The van der Waals surface area contributed by atoms with E-state index >= 15 is 0 Å². The van der Waals surface area contributed by atoms with Crippen LogP contribution >= 0.6 is 11.6 Å². The number of carbonyl (C=O) groups excluding carboxylic acids is 2. The van der Waals surface area contributed by atoms with E-state index in [1.54, 1.807) is 18.0 Å². The van der Waals surface area contributed by atoms with Crippen molar-refractivity contribution in [1.29, 1.82) is 0 Å². The highest BCUT2D eigenvalue weighted by atomic mass is 35.5. The Balaban J connectivity index is 1.27. The van der Waals surface area contributed by atoms with Crippen LogP contribution in [0.4, 0.5) is 10.7 Å². The predicted octanol–water partition coefficient (Wildman–Crippen LogP) is 3.94. The summed E-state index contributed by atoms with van der Waals surface area (Å²) in [6, 6.07) is 9.74. The van der Waals surface area contributed by atoms with E-state index in [-0.39, 0.29) is 29.9 Å². The molecule has 1 saturated carbocycles. The summed E-state index contributed by atoms with van der Waals surface area (Å²) in [5.74, 6) is 0.154. The number of nitrogens with zero attached hydrogens (tertiary/aromatic N) is 3. The molecular formula is C23H27ClN4O4. The number of hydrogen-bond donors (Lipinski definition) is 1. The highest BCUT2D eigenvalue weighted by molar-refractivity contribution is 6.30. The van der Waals surface area contributed by atoms with E-state index < -0.39 is 5.41 Å². The van der Waals surface area contributed by atoms with Gasteiger partial charge in [0.1, 0.15) is 11.8 Å². The Bertz CT molecular complexity index is 960. The van der Waals surface area contributed by atoms with Crippen molar-refractivity contribution in [3.05, 3.63) is 52.8 Å². The third-order valence-corrected chi connectivity index (χ3v) is 6.25. The minimum absolute atomic E-state index is 0.120. The minimum atomic E-state index is -0.697. The zero-order chi connectivity index (χ0) is 22.6. The molecule has 0 unspecified atom stereocenters. The molecule has 32 heavy (non-hydrogen) atoms. The van der Waals surface area contributed by atoms with Crippen LogP contribution in [-0.4, -0.2) is 52.7 Å². The summed E-state index contributed by atoms with van der Waals surface area (Å²) in [4.78, 5) is 35.1. The van der Waals surface area contributed by atoms with Crippen LogP contribution in [0.5, 0.6) is 0 Å². The standard InChI is InChI=1S/C23H27ClN4O4/c1-2-31-20(29)23(10-11-23)18-14-25-21(27-19(18)24)26-17-8-12-28(13-9-17)22(30)32-15-16-6-4-3-5-7-16/h3-7,14,17H,2,8-13,15H2,1H3,(H,25,26,27). The van der Waals surface area contributed by atoms with E-state index in [0.29, 0.717) is 44.0 Å². The maximum atomic E-state index is 12.3. The molecule has 1 amide bonds. The van der Waals surface area contributed by atoms with Crippen molar-refractivity contribution in [3.63, 3.8) is 0 Å². The van der Waals surface area contributed by atoms with Crippen LogP contribution in [-0.2, 0) is 26.3 Å². The largest absolute Gasteiger partial charge is 0.465 e. The van der Waals surface area contributed by atoms with Gasteiger partial charge in [-0.25, -0.2) is 14.8 Å². The molecule has 1 aromatic heterocycles. The van der Waals surface area contributed by atoms with E-state index in [1.807, 2.05) is 30.3 Å². The number of amides is 1. The fourth-order valence-electron chi connectivity index (χ4n) is 3.93. The topological polar surface area (TPSA) is 93.7 Å². The summed E-state index contributed by atoms with van der Waals surface area (Å²) < 4.78 is 10.6. The lowest BCUT2D eigenvalue weighted by Gasteiger charge is -2.31. The SMILES string of the molecule is CCOC(=O)C1(c2cnc(NC3CCN(C(=O)OCc4ccccc4)CC3)nc2Cl)CC1. The van der Waals surface area contributed by atoms with E-state index in [1.165, 1.54) is 0 Å². The molecule has 2 heterocycles. The van der Waals surface area contributed by atoms with Crippen LogP contribution in [0.1, 0.15) is 43.7 Å². The summed E-state index contributed by atoms with van der Waals surface area (Å²) in [5.41, 5.74) is 0.891. The van der Waals surface area contributed by atoms with Gasteiger partial charge in [0.05, 0.1) is 12.0 Å². The number of ether oxygens (including phenoxy) is 2. The van der Waals surface area contributed by atoms with Crippen molar-refractivity contribution in [1.82, 2.24) is 14.9 Å². The van der Waals surface area contributed by atoms with Crippen LogP contribution in [0.15, 0.2) is 36.5 Å². The molecule has 0 bridgehead atoms. The van der Waals surface area contributed by atoms with E-state index in [0.717, 1.165) is 18.4 Å². The van der Waals surface area contributed by atoms with Crippen LogP contribution in [0, 0.1) is 0 Å². The zero-order valence-electron chi connectivity index (χ0n) is 18.1. The van der Waals surface area contributed by atoms with E-state index in [4.69, 9.17) is 21.1 Å². The number of anilines is 1.